The summed E-state index contributed by atoms with van der Waals surface area (Å²) in [6.07, 6.45) is 5.19. The van der Waals surface area contributed by atoms with Crippen molar-refractivity contribution in [2.45, 2.75) is 38.0 Å². The highest BCUT2D eigenvalue weighted by molar-refractivity contribution is 5.34. The molecule has 1 saturated carbocycles. The van der Waals surface area contributed by atoms with Gasteiger partial charge in [0, 0.05) is 6.07 Å². The van der Waals surface area contributed by atoms with Gasteiger partial charge in [0.25, 0.3) is 0 Å². The van der Waals surface area contributed by atoms with Crippen LogP contribution >= 0.6 is 0 Å². The molecule has 6 heteroatoms. The lowest BCUT2D eigenvalue weighted by Gasteiger charge is -2.29. The van der Waals surface area contributed by atoms with Crippen LogP contribution < -0.4 is 9.47 Å². The Bertz CT molecular complexity index is 846. The van der Waals surface area contributed by atoms with Gasteiger partial charge < -0.3 is 14.6 Å². The fourth-order valence-electron chi connectivity index (χ4n) is 3.68. The van der Waals surface area contributed by atoms with Crippen LogP contribution in [0.2, 0.25) is 0 Å². The zero-order valence-electron chi connectivity index (χ0n) is 16.2. The average molecular weight is 406 g/mol. The van der Waals surface area contributed by atoms with Crippen molar-refractivity contribution in [3.8, 4) is 17.2 Å². The zero-order valence-corrected chi connectivity index (χ0v) is 16.2. The molecule has 1 N–H and O–H groups in total. The molecule has 156 valence electrons. The summed E-state index contributed by atoms with van der Waals surface area (Å²) in [5.74, 6) is -2.36. The van der Waals surface area contributed by atoms with Gasteiger partial charge in [-0.25, -0.2) is 8.78 Å². The van der Waals surface area contributed by atoms with Gasteiger partial charge in [0.2, 0.25) is 5.82 Å². The van der Waals surface area contributed by atoms with Crippen LogP contribution in [0.4, 0.5) is 13.2 Å². The predicted octanol–water partition coefficient (Wildman–Crippen LogP) is 6.12. The maximum atomic E-state index is 14.5. The Hall–Kier alpha value is -2.63. The molecule has 0 bridgehead atoms. The first-order valence-corrected chi connectivity index (χ1v) is 9.82. The lowest BCUT2D eigenvalue weighted by atomic mass is 9.79. The largest absolute Gasteiger partial charge is 0.508 e. The van der Waals surface area contributed by atoms with Gasteiger partial charge >= 0.3 is 0 Å². The van der Waals surface area contributed by atoms with Gasteiger partial charge in [-0.05, 0) is 67.7 Å². The van der Waals surface area contributed by atoms with Gasteiger partial charge in [0.1, 0.15) is 5.75 Å². The lowest BCUT2D eigenvalue weighted by Crippen LogP contribution is -2.20. The molecule has 0 aliphatic heterocycles. The minimum absolute atomic E-state index is 0.0617. The number of aromatic hydroxyl groups is 1. The Morgan fingerprint density at radius 2 is 1.69 bits per heavy atom. The number of benzene rings is 2. The minimum atomic E-state index is -0.945. The molecule has 0 saturated heterocycles. The molecular formula is C23H25F3O3. The summed E-state index contributed by atoms with van der Waals surface area (Å²) in [5, 5.41) is 9.24. The van der Waals surface area contributed by atoms with Gasteiger partial charge in [0.15, 0.2) is 23.1 Å². The van der Waals surface area contributed by atoms with Gasteiger partial charge in [-0.2, -0.15) is 4.39 Å². The second kappa shape index (κ2) is 9.72. The third kappa shape index (κ3) is 5.25. The van der Waals surface area contributed by atoms with Crippen LogP contribution in [-0.4, -0.2) is 18.3 Å². The van der Waals surface area contributed by atoms with E-state index < -0.39 is 17.5 Å². The smallest absolute Gasteiger partial charge is 0.200 e. The molecule has 0 radical (unpaired) electrons. The number of hydrogen-bond acceptors (Lipinski definition) is 3. The molecule has 0 atom stereocenters. The van der Waals surface area contributed by atoms with E-state index in [0.717, 1.165) is 18.9 Å². The Morgan fingerprint density at radius 1 is 0.966 bits per heavy atom. The highest BCUT2D eigenvalue weighted by Gasteiger charge is 2.27. The average Bonchev–Trinajstić information content (AvgIpc) is 2.71. The highest BCUT2D eigenvalue weighted by Crippen LogP contribution is 2.39. The molecule has 3 rings (SSSR count). The predicted molar refractivity (Wildman–Crippen MR) is 105 cm³/mol. The fraction of sp³-hybridized carbons (Fsp3) is 0.391. The van der Waals surface area contributed by atoms with Crippen LogP contribution in [-0.2, 0) is 0 Å². The van der Waals surface area contributed by atoms with Crippen molar-refractivity contribution in [3.63, 3.8) is 0 Å². The van der Waals surface area contributed by atoms with Crippen molar-refractivity contribution in [2.24, 2.45) is 5.92 Å². The van der Waals surface area contributed by atoms with E-state index in [4.69, 9.17) is 9.47 Å². The van der Waals surface area contributed by atoms with E-state index in [1.54, 1.807) is 12.1 Å². The summed E-state index contributed by atoms with van der Waals surface area (Å²) in [5.41, 5.74) is 0.377. The van der Waals surface area contributed by atoms with Crippen LogP contribution in [0, 0.1) is 23.4 Å². The topological polar surface area (TPSA) is 38.7 Å². The molecule has 0 aromatic heterocycles. The Morgan fingerprint density at radius 3 is 2.38 bits per heavy atom. The second-order valence-corrected chi connectivity index (χ2v) is 7.35. The molecule has 29 heavy (non-hydrogen) atoms. The van der Waals surface area contributed by atoms with E-state index in [2.05, 4.69) is 6.58 Å². The molecule has 3 nitrogen and oxygen atoms in total. The molecule has 0 amide bonds. The van der Waals surface area contributed by atoms with Crippen molar-refractivity contribution in [1.29, 1.82) is 0 Å². The fourth-order valence-corrected chi connectivity index (χ4v) is 3.68. The van der Waals surface area contributed by atoms with E-state index in [1.807, 2.05) is 0 Å². The Labute approximate surface area is 168 Å². The van der Waals surface area contributed by atoms with Crippen LogP contribution in [0.25, 0.3) is 0 Å². The number of hydrogen-bond donors (Lipinski definition) is 1. The number of rotatable bonds is 8. The summed E-state index contributed by atoms with van der Waals surface area (Å²) in [6, 6.07) is 6.87. The first-order chi connectivity index (χ1) is 14.0. The van der Waals surface area contributed by atoms with Gasteiger partial charge in [-0.3, -0.25) is 0 Å². The van der Waals surface area contributed by atoms with Crippen molar-refractivity contribution >= 4 is 0 Å². The Kier molecular flexibility index (Phi) is 7.07. The van der Waals surface area contributed by atoms with E-state index in [1.165, 1.54) is 18.2 Å². The van der Waals surface area contributed by atoms with E-state index >= 15 is 0 Å². The maximum Gasteiger partial charge on any atom is 0.200 e. The van der Waals surface area contributed by atoms with E-state index in [0.29, 0.717) is 31.4 Å². The molecule has 1 aliphatic rings. The van der Waals surface area contributed by atoms with Crippen LogP contribution in [0.5, 0.6) is 17.2 Å². The second-order valence-electron chi connectivity index (χ2n) is 7.35. The van der Waals surface area contributed by atoms with E-state index in [-0.39, 0.29) is 35.7 Å². The number of ether oxygens (including phenoxy) is 2. The maximum absolute atomic E-state index is 14.5. The van der Waals surface area contributed by atoms with Gasteiger partial charge in [-0.1, -0.05) is 12.1 Å². The number of phenols is 1. The molecule has 1 fully saturated rings. The summed E-state index contributed by atoms with van der Waals surface area (Å²) in [6.45, 7) is 4.17. The monoisotopic (exact) mass is 406 g/mol. The number of halogens is 3. The standard InChI is InChI=1S/C23H25F3O3/c1-2-3-12-28-21-11-9-18(22(25)23(21)26)16-6-4-15(5-7-16)14-29-20-10-8-17(27)13-19(20)24/h2,8-11,13,15-16,27H,1,3-7,12,14H2. The minimum Gasteiger partial charge on any atom is -0.508 e. The first kappa shape index (κ1) is 21.1. The molecule has 1 aliphatic carbocycles. The Balaban J connectivity index is 1.54. The third-order valence-corrected chi connectivity index (χ3v) is 5.33. The zero-order chi connectivity index (χ0) is 20.8. The highest BCUT2D eigenvalue weighted by atomic mass is 19.2. The van der Waals surface area contributed by atoms with Crippen LogP contribution in [0.15, 0.2) is 43.0 Å². The third-order valence-electron chi connectivity index (χ3n) is 5.33. The van der Waals surface area contributed by atoms with E-state index in [9.17, 15) is 18.3 Å². The molecule has 0 heterocycles. The molecular weight excluding hydrogens is 381 g/mol. The van der Waals surface area contributed by atoms with Crippen LogP contribution in [0.3, 0.4) is 0 Å². The number of phenolic OH excluding ortho intramolecular Hbond substituents is 1. The summed E-state index contributed by atoms with van der Waals surface area (Å²) in [7, 11) is 0. The molecule has 0 unspecified atom stereocenters. The molecule has 2 aromatic rings. The molecule has 0 spiro atoms. The van der Waals surface area contributed by atoms with Gasteiger partial charge in [0.05, 0.1) is 13.2 Å². The van der Waals surface area contributed by atoms with Crippen molar-refractivity contribution in [1.82, 2.24) is 0 Å². The summed E-state index contributed by atoms with van der Waals surface area (Å²) < 4.78 is 53.4. The summed E-state index contributed by atoms with van der Waals surface area (Å²) >= 11 is 0. The van der Waals surface area contributed by atoms with Crippen molar-refractivity contribution < 1.29 is 27.8 Å². The molecule has 2 aromatic carbocycles. The summed E-state index contributed by atoms with van der Waals surface area (Å²) in [4.78, 5) is 0. The van der Waals surface area contributed by atoms with Crippen LogP contribution in [0.1, 0.15) is 43.6 Å². The lowest BCUT2D eigenvalue weighted by molar-refractivity contribution is 0.193. The van der Waals surface area contributed by atoms with Crippen molar-refractivity contribution in [2.75, 3.05) is 13.2 Å². The van der Waals surface area contributed by atoms with Crippen molar-refractivity contribution in [3.05, 3.63) is 66.0 Å². The first-order valence-electron chi connectivity index (χ1n) is 9.82. The SMILES string of the molecule is C=CCCOc1ccc(C2CCC(COc3ccc(O)cc3F)CC2)c(F)c1F. The van der Waals surface area contributed by atoms with Gasteiger partial charge in [-0.15, -0.1) is 6.58 Å². The quantitative estimate of drug-likeness (QED) is 0.424. The normalized spacial score (nSPS) is 19.0.